The van der Waals surface area contributed by atoms with E-state index in [4.69, 9.17) is 0 Å². The fraction of sp³-hybridized carbons (Fsp3) is 0.789. The Bertz CT molecular complexity index is 591. The van der Waals surface area contributed by atoms with Crippen molar-refractivity contribution in [1.29, 1.82) is 0 Å². The standard InChI is InChI=1S/C19H34N4O6/c1-5-11(4)15(19(28)29)23-18(27)14(10(2)3)22-17(26)13(9-24)21-16(25)12-7-6-8-20-12/h10-15,20,24H,5-9H2,1-4H3,(H,21,25)(H,22,26)(H,23,27)(H,28,29). The quantitative estimate of drug-likeness (QED) is 0.252. The van der Waals surface area contributed by atoms with Crippen molar-refractivity contribution < 1.29 is 29.4 Å². The smallest absolute Gasteiger partial charge is 0.326 e. The fourth-order valence-electron chi connectivity index (χ4n) is 3.09. The predicted molar refractivity (Wildman–Crippen MR) is 106 cm³/mol. The number of aliphatic hydroxyl groups excluding tert-OH is 1. The molecule has 0 aromatic carbocycles. The van der Waals surface area contributed by atoms with E-state index in [9.17, 15) is 29.4 Å². The predicted octanol–water partition coefficient (Wildman–Crippen LogP) is -1.03. The van der Waals surface area contributed by atoms with Crippen LogP contribution < -0.4 is 21.3 Å². The van der Waals surface area contributed by atoms with Crippen molar-refractivity contribution in [3.63, 3.8) is 0 Å². The summed E-state index contributed by atoms with van der Waals surface area (Å²) in [5, 5.41) is 29.4. The summed E-state index contributed by atoms with van der Waals surface area (Å²) < 4.78 is 0. The van der Waals surface area contributed by atoms with Gasteiger partial charge < -0.3 is 31.5 Å². The lowest BCUT2D eigenvalue weighted by Gasteiger charge is -2.27. The lowest BCUT2D eigenvalue weighted by atomic mass is 9.97. The van der Waals surface area contributed by atoms with Crippen LogP contribution in [-0.4, -0.2) is 71.2 Å². The number of aliphatic hydroxyl groups is 1. The highest BCUT2D eigenvalue weighted by Gasteiger charge is 2.33. The molecular weight excluding hydrogens is 380 g/mol. The first-order valence-electron chi connectivity index (χ1n) is 10.1. The maximum Gasteiger partial charge on any atom is 0.326 e. The molecule has 0 aliphatic carbocycles. The highest BCUT2D eigenvalue weighted by atomic mass is 16.4. The van der Waals surface area contributed by atoms with E-state index in [2.05, 4.69) is 21.3 Å². The Morgan fingerprint density at radius 2 is 1.66 bits per heavy atom. The van der Waals surface area contributed by atoms with Gasteiger partial charge in [-0.25, -0.2) is 4.79 Å². The van der Waals surface area contributed by atoms with Crippen molar-refractivity contribution in [1.82, 2.24) is 21.3 Å². The molecule has 1 rings (SSSR count). The third-order valence-corrected chi connectivity index (χ3v) is 5.22. The van der Waals surface area contributed by atoms with Gasteiger partial charge in [-0.15, -0.1) is 0 Å². The van der Waals surface area contributed by atoms with Gasteiger partial charge in [-0.3, -0.25) is 14.4 Å². The molecule has 0 aromatic heterocycles. The Morgan fingerprint density at radius 1 is 1.03 bits per heavy atom. The average Bonchev–Trinajstić information content (AvgIpc) is 3.21. The van der Waals surface area contributed by atoms with Crippen LogP contribution in [0.4, 0.5) is 0 Å². The van der Waals surface area contributed by atoms with E-state index in [1.807, 2.05) is 6.92 Å². The molecule has 0 saturated carbocycles. The minimum absolute atomic E-state index is 0.289. The second kappa shape index (κ2) is 11.7. The first-order valence-corrected chi connectivity index (χ1v) is 10.1. The van der Waals surface area contributed by atoms with Crippen LogP contribution in [0.1, 0.15) is 47.0 Å². The van der Waals surface area contributed by atoms with Crippen LogP contribution in [-0.2, 0) is 19.2 Å². The van der Waals surface area contributed by atoms with Gasteiger partial charge in [-0.1, -0.05) is 34.1 Å². The average molecular weight is 415 g/mol. The molecular formula is C19H34N4O6. The molecule has 0 aromatic rings. The van der Waals surface area contributed by atoms with E-state index in [0.29, 0.717) is 19.4 Å². The summed E-state index contributed by atoms with van der Waals surface area (Å²) in [4.78, 5) is 48.9. The third kappa shape index (κ3) is 7.28. The molecule has 5 atom stereocenters. The number of carbonyl (C=O) groups excluding carboxylic acids is 3. The highest BCUT2D eigenvalue weighted by molar-refractivity contribution is 5.94. The van der Waals surface area contributed by atoms with Crippen molar-refractivity contribution in [3.05, 3.63) is 0 Å². The van der Waals surface area contributed by atoms with E-state index >= 15 is 0 Å². The van der Waals surface area contributed by atoms with E-state index in [1.54, 1.807) is 20.8 Å². The minimum atomic E-state index is -1.20. The van der Waals surface area contributed by atoms with Crippen LogP contribution in [0.3, 0.4) is 0 Å². The summed E-state index contributed by atoms with van der Waals surface area (Å²) in [7, 11) is 0. The number of carboxylic acids is 1. The van der Waals surface area contributed by atoms with Crippen molar-refractivity contribution >= 4 is 23.7 Å². The molecule has 0 spiro atoms. The summed E-state index contributed by atoms with van der Waals surface area (Å²) in [5.74, 6) is -3.49. The Morgan fingerprint density at radius 3 is 2.10 bits per heavy atom. The van der Waals surface area contributed by atoms with Gasteiger partial charge in [0.15, 0.2) is 0 Å². The molecule has 1 aliphatic heterocycles. The highest BCUT2D eigenvalue weighted by Crippen LogP contribution is 2.10. The number of hydrogen-bond donors (Lipinski definition) is 6. The second-order valence-corrected chi connectivity index (χ2v) is 7.83. The largest absolute Gasteiger partial charge is 0.480 e. The fourth-order valence-corrected chi connectivity index (χ4v) is 3.09. The molecule has 1 heterocycles. The topological polar surface area (TPSA) is 157 Å². The molecule has 10 heteroatoms. The molecule has 10 nitrogen and oxygen atoms in total. The molecule has 0 bridgehead atoms. The zero-order valence-corrected chi connectivity index (χ0v) is 17.5. The number of carbonyl (C=O) groups is 4. The number of aliphatic carboxylic acids is 1. The van der Waals surface area contributed by atoms with Gasteiger partial charge in [0.2, 0.25) is 17.7 Å². The Balaban J connectivity index is 2.78. The summed E-state index contributed by atoms with van der Waals surface area (Å²) in [6.45, 7) is 7.04. The molecule has 5 unspecified atom stereocenters. The lowest BCUT2D eigenvalue weighted by Crippen LogP contribution is -2.59. The summed E-state index contributed by atoms with van der Waals surface area (Å²) in [6, 6.07) is -3.70. The number of amides is 3. The number of rotatable bonds is 11. The van der Waals surface area contributed by atoms with Gasteiger partial charge in [-0.05, 0) is 31.2 Å². The monoisotopic (exact) mass is 414 g/mol. The zero-order chi connectivity index (χ0) is 22.1. The lowest BCUT2D eigenvalue weighted by molar-refractivity contribution is -0.144. The minimum Gasteiger partial charge on any atom is -0.480 e. The van der Waals surface area contributed by atoms with Gasteiger partial charge in [0.25, 0.3) is 0 Å². The Labute approximate surface area is 171 Å². The van der Waals surface area contributed by atoms with Crippen molar-refractivity contribution in [3.8, 4) is 0 Å². The summed E-state index contributed by atoms with van der Waals surface area (Å²) in [6.07, 6.45) is 2.06. The van der Waals surface area contributed by atoms with Crippen molar-refractivity contribution in [2.75, 3.05) is 13.2 Å². The Kier molecular flexibility index (Phi) is 10.0. The van der Waals surface area contributed by atoms with Crippen molar-refractivity contribution in [2.45, 2.75) is 71.1 Å². The van der Waals surface area contributed by atoms with Crippen LogP contribution in [0.5, 0.6) is 0 Å². The summed E-state index contributed by atoms with van der Waals surface area (Å²) in [5.41, 5.74) is 0. The second-order valence-electron chi connectivity index (χ2n) is 7.83. The first-order chi connectivity index (χ1) is 13.6. The third-order valence-electron chi connectivity index (χ3n) is 5.22. The van der Waals surface area contributed by atoms with E-state index in [1.165, 1.54) is 0 Å². The first kappa shape index (κ1) is 24.8. The van der Waals surface area contributed by atoms with Crippen LogP contribution in [0.25, 0.3) is 0 Å². The Hall–Kier alpha value is -2.20. The van der Waals surface area contributed by atoms with E-state index in [0.717, 1.165) is 6.42 Å². The van der Waals surface area contributed by atoms with Crippen molar-refractivity contribution in [2.24, 2.45) is 11.8 Å². The number of carboxylic acid groups (broad SMARTS) is 1. The summed E-state index contributed by atoms with van der Waals surface area (Å²) >= 11 is 0. The van der Waals surface area contributed by atoms with Gasteiger partial charge in [0.05, 0.1) is 12.6 Å². The molecule has 1 aliphatic rings. The number of hydrogen-bond acceptors (Lipinski definition) is 6. The van der Waals surface area contributed by atoms with Gasteiger partial charge in [0, 0.05) is 0 Å². The normalized spacial score (nSPS) is 20.4. The molecule has 6 N–H and O–H groups in total. The van der Waals surface area contributed by atoms with Gasteiger partial charge >= 0.3 is 5.97 Å². The van der Waals surface area contributed by atoms with E-state index < -0.39 is 48.6 Å². The molecule has 1 saturated heterocycles. The molecule has 1 fully saturated rings. The maximum absolute atomic E-state index is 12.6. The molecule has 166 valence electrons. The molecule has 29 heavy (non-hydrogen) atoms. The zero-order valence-electron chi connectivity index (χ0n) is 17.5. The van der Waals surface area contributed by atoms with Crippen LogP contribution in [0, 0.1) is 11.8 Å². The van der Waals surface area contributed by atoms with Crippen LogP contribution in [0.15, 0.2) is 0 Å². The SMILES string of the molecule is CCC(C)C(NC(=O)C(NC(=O)C(CO)NC(=O)C1CCCN1)C(C)C)C(=O)O. The maximum atomic E-state index is 12.6. The number of nitrogens with one attached hydrogen (secondary N) is 4. The molecule has 3 amide bonds. The van der Waals surface area contributed by atoms with Crippen LogP contribution in [0.2, 0.25) is 0 Å². The van der Waals surface area contributed by atoms with E-state index in [-0.39, 0.29) is 17.7 Å². The molecule has 0 radical (unpaired) electrons. The van der Waals surface area contributed by atoms with Crippen LogP contribution >= 0.6 is 0 Å². The van der Waals surface area contributed by atoms with Gasteiger partial charge in [-0.2, -0.15) is 0 Å². The van der Waals surface area contributed by atoms with Gasteiger partial charge in [0.1, 0.15) is 18.1 Å².